The maximum atomic E-state index is 13.3. The van der Waals surface area contributed by atoms with Crippen molar-refractivity contribution in [2.75, 3.05) is 38.6 Å². The van der Waals surface area contributed by atoms with E-state index in [0.29, 0.717) is 12.6 Å². The molecule has 1 aromatic heterocycles. The zero-order valence-electron chi connectivity index (χ0n) is 9.95. The van der Waals surface area contributed by atoms with Crippen LogP contribution >= 0.6 is 0 Å². The van der Waals surface area contributed by atoms with Crippen molar-refractivity contribution in [3.63, 3.8) is 0 Å². The number of nitrogens with zero attached hydrogens (tertiary/aromatic N) is 3. The fraction of sp³-hybridized carbons (Fsp3) is 0.636. The zero-order chi connectivity index (χ0) is 12.1. The SMILES string of the molecule is CNc1ncc(F)c(OCCN2CCCC2)n1. The Bertz CT molecular complexity index is 368. The molecule has 5 nitrogen and oxygen atoms in total. The summed E-state index contributed by atoms with van der Waals surface area (Å²) < 4.78 is 18.6. The minimum absolute atomic E-state index is 0.0172. The van der Waals surface area contributed by atoms with Crippen molar-refractivity contribution in [1.29, 1.82) is 0 Å². The van der Waals surface area contributed by atoms with Crippen molar-refractivity contribution >= 4 is 5.95 Å². The summed E-state index contributed by atoms with van der Waals surface area (Å²) in [4.78, 5) is 9.98. The highest BCUT2D eigenvalue weighted by atomic mass is 19.1. The van der Waals surface area contributed by atoms with Gasteiger partial charge in [0, 0.05) is 13.6 Å². The topological polar surface area (TPSA) is 50.3 Å². The van der Waals surface area contributed by atoms with E-state index in [0.717, 1.165) is 25.8 Å². The Hall–Kier alpha value is -1.43. The third-order valence-electron chi connectivity index (χ3n) is 2.78. The van der Waals surface area contributed by atoms with Crippen molar-refractivity contribution in [2.45, 2.75) is 12.8 Å². The number of anilines is 1. The van der Waals surface area contributed by atoms with E-state index in [-0.39, 0.29) is 5.88 Å². The Labute approximate surface area is 100 Å². The molecule has 0 bridgehead atoms. The van der Waals surface area contributed by atoms with Crippen LogP contribution in [-0.2, 0) is 0 Å². The third kappa shape index (κ3) is 3.26. The molecule has 1 fully saturated rings. The molecular weight excluding hydrogens is 223 g/mol. The molecule has 0 radical (unpaired) electrons. The van der Waals surface area contributed by atoms with Crippen LogP contribution in [-0.4, -0.2) is 48.2 Å². The van der Waals surface area contributed by atoms with Crippen LogP contribution in [0.15, 0.2) is 6.20 Å². The molecule has 6 heteroatoms. The standard InChI is InChI=1S/C11H17FN4O/c1-13-11-14-8-9(12)10(15-11)17-7-6-16-4-2-3-5-16/h8H,2-7H2,1H3,(H,13,14,15). The average molecular weight is 240 g/mol. The van der Waals surface area contributed by atoms with Crippen molar-refractivity contribution in [2.24, 2.45) is 0 Å². The van der Waals surface area contributed by atoms with Gasteiger partial charge in [-0.3, -0.25) is 4.90 Å². The van der Waals surface area contributed by atoms with Gasteiger partial charge in [-0.2, -0.15) is 9.37 Å². The van der Waals surface area contributed by atoms with Crippen LogP contribution in [0.2, 0.25) is 0 Å². The Balaban J connectivity index is 1.84. The lowest BCUT2D eigenvalue weighted by Gasteiger charge is -2.14. The Morgan fingerprint density at radius 1 is 1.47 bits per heavy atom. The second kappa shape index (κ2) is 5.77. The number of hydrogen-bond acceptors (Lipinski definition) is 5. The van der Waals surface area contributed by atoms with Gasteiger partial charge in [0.15, 0.2) is 0 Å². The maximum absolute atomic E-state index is 13.3. The lowest BCUT2D eigenvalue weighted by molar-refractivity contribution is 0.224. The Morgan fingerprint density at radius 2 is 2.24 bits per heavy atom. The van der Waals surface area contributed by atoms with E-state index in [9.17, 15) is 4.39 Å². The predicted molar refractivity (Wildman–Crippen MR) is 62.7 cm³/mol. The number of rotatable bonds is 5. The third-order valence-corrected chi connectivity index (χ3v) is 2.78. The average Bonchev–Trinajstić information content (AvgIpc) is 2.84. The summed E-state index contributed by atoms with van der Waals surface area (Å²) in [7, 11) is 1.68. The van der Waals surface area contributed by atoms with Gasteiger partial charge in [-0.25, -0.2) is 4.98 Å². The molecule has 2 rings (SSSR count). The van der Waals surface area contributed by atoms with Gasteiger partial charge in [-0.1, -0.05) is 0 Å². The molecule has 1 aliphatic rings. The van der Waals surface area contributed by atoms with E-state index in [2.05, 4.69) is 20.2 Å². The van der Waals surface area contributed by atoms with Crippen LogP contribution in [0.3, 0.4) is 0 Å². The zero-order valence-corrected chi connectivity index (χ0v) is 9.95. The first-order valence-corrected chi connectivity index (χ1v) is 5.85. The molecule has 0 amide bonds. The molecule has 1 N–H and O–H groups in total. The largest absolute Gasteiger partial charge is 0.474 e. The molecule has 0 aliphatic carbocycles. The fourth-order valence-corrected chi connectivity index (χ4v) is 1.85. The summed E-state index contributed by atoms with van der Waals surface area (Å²) >= 11 is 0. The maximum Gasteiger partial charge on any atom is 0.255 e. The fourth-order valence-electron chi connectivity index (χ4n) is 1.85. The van der Waals surface area contributed by atoms with Gasteiger partial charge in [-0.15, -0.1) is 0 Å². The second-order valence-corrected chi connectivity index (χ2v) is 3.99. The van der Waals surface area contributed by atoms with Gasteiger partial charge in [-0.05, 0) is 25.9 Å². The first-order valence-electron chi connectivity index (χ1n) is 5.85. The van der Waals surface area contributed by atoms with Crippen LogP contribution in [0.25, 0.3) is 0 Å². The molecule has 0 aromatic carbocycles. The van der Waals surface area contributed by atoms with Crippen molar-refractivity contribution in [3.8, 4) is 5.88 Å². The van der Waals surface area contributed by atoms with Crippen LogP contribution in [0.5, 0.6) is 5.88 Å². The molecular formula is C11H17FN4O. The summed E-state index contributed by atoms with van der Waals surface area (Å²) in [5.41, 5.74) is 0. The number of ether oxygens (including phenoxy) is 1. The molecule has 0 atom stereocenters. The number of hydrogen-bond donors (Lipinski definition) is 1. The first kappa shape index (κ1) is 12.0. The van der Waals surface area contributed by atoms with Gasteiger partial charge in [0.2, 0.25) is 11.8 Å². The van der Waals surface area contributed by atoms with Crippen LogP contribution in [0.4, 0.5) is 10.3 Å². The normalized spacial score (nSPS) is 16.1. The first-order chi connectivity index (χ1) is 8.29. The number of aromatic nitrogens is 2. The Morgan fingerprint density at radius 3 is 2.94 bits per heavy atom. The van der Waals surface area contributed by atoms with E-state index in [4.69, 9.17) is 4.74 Å². The van der Waals surface area contributed by atoms with E-state index in [1.165, 1.54) is 12.8 Å². The summed E-state index contributed by atoms with van der Waals surface area (Å²) in [6, 6.07) is 0. The lowest BCUT2D eigenvalue weighted by atomic mass is 10.4. The molecule has 0 saturated carbocycles. The van der Waals surface area contributed by atoms with Gasteiger partial charge in [0.1, 0.15) is 6.61 Å². The molecule has 17 heavy (non-hydrogen) atoms. The molecule has 0 unspecified atom stereocenters. The molecule has 1 aliphatic heterocycles. The summed E-state index contributed by atoms with van der Waals surface area (Å²) in [6.45, 7) is 3.49. The quantitative estimate of drug-likeness (QED) is 0.836. The van der Waals surface area contributed by atoms with Gasteiger partial charge in [0.05, 0.1) is 6.20 Å². The monoisotopic (exact) mass is 240 g/mol. The lowest BCUT2D eigenvalue weighted by Crippen LogP contribution is -2.25. The van der Waals surface area contributed by atoms with Crippen LogP contribution in [0, 0.1) is 5.82 Å². The highest BCUT2D eigenvalue weighted by molar-refractivity contribution is 5.27. The van der Waals surface area contributed by atoms with E-state index < -0.39 is 5.82 Å². The van der Waals surface area contributed by atoms with Crippen LogP contribution < -0.4 is 10.1 Å². The number of likely N-dealkylation sites (tertiary alicyclic amines) is 1. The molecule has 1 saturated heterocycles. The number of halogens is 1. The van der Waals surface area contributed by atoms with Gasteiger partial charge >= 0.3 is 0 Å². The van der Waals surface area contributed by atoms with Crippen LogP contribution in [0.1, 0.15) is 12.8 Å². The molecule has 2 heterocycles. The second-order valence-electron chi connectivity index (χ2n) is 3.99. The van der Waals surface area contributed by atoms with E-state index in [1.54, 1.807) is 7.05 Å². The van der Waals surface area contributed by atoms with Gasteiger partial charge in [0.25, 0.3) is 5.88 Å². The summed E-state index contributed by atoms with van der Waals surface area (Å²) in [5.74, 6) is -0.142. The summed E-state index contributed by atoms with van der Waals surface area (Å²) in [5, 5.41) is 2.75. The summed E-state index contributed by atoms with van der Waals surface area (Å²) in [6.07, 6.45) is 3.60. The number of nitrogens with one attached hydrogen (secondary N) is 1. The predicted octanol–water partition coefficient (Wildman–Crippen LogP) is 1.13. The van der Waals surface area contributed by atoms with E-state index >= 15 is 0 Å². The molecule has 1 aromatic rings. The van der Waals surface area contributed by atoms with Gasteiger partial charge < -0.3 is 10.1 Å². The van der Waals surface area contributed by atoms with Crippen molar-refractivity contribution in [3.05, 3.63) is 12.0 Å². The van der Waals surface area contributed by atoms with Crippen molar-refractivity contribution in [1.82, 2.24) is 14.9 Å². The molecule has 94 valence electrons. The highest BCUT2D eigenvalue weighted by Crippen LogP contribution is 2.14. The Kier molecular flexibility index (Phi) is 4.08. The highest BCUT2D eigenvalue weighted by Gasteiger charge is 2.12. The minimum atomic E-state index is -0.523. The smallest absolute Gasteiger partial charge is 0.255 e. The van der Waals surface area contributed by atoms with E-state index in [1.807, 2.05) is 0 Å². The minimum Gasteiger partial charge on any atom is -0.474 e. The van der Waals surface area contributed by atoms with Crippen molar-refractivity contribution < 1.29 is 9.13 Å². The molecule has 0 spiro atoms.